The molecule has 1 aromatic carbocycles. The number of hydrogen-bond donors (Lipinski definition) is 4. The summed E-state index contributed by atoms with van der Waals surface area (Å²) < 4.78 is 0. The van der Waals surface area contributed by atoms with Crippen molar-refractivity contribution >= 4 is 28.5 Å². The predicted molar refractivity (Wildman–Crippen MR) is 84.1 cm³/mol. The molecule has 0 saturated carbocycles. The first kappa shape index (κ1) is 14.5. The average Bonchev–Trinajstić information content (AvgIpc) is 3.06. The third kappa shape index (κ3) is 3.10. The second-order valence-corrected chi connectivity index (χ2v) is 4.78. The number of nitrogens with zero attached hydrogens (tertiary/aromatic N) is 1. The summed E-state index contributed by atoms with van der Waals surface area (Å²) >= 11 is 0. The molecule has 0 aliphatic carbocycles. The van der Waals surface area contributed by atoms with Gasteiger partial charge in [0.2, 0.25) is 11.3 Å². The Balaban J connectivity index is 1.70. The molecule has 2 heterocycles. The van der Waals surface area contributed by atoms with E-state index in [1.807, 2.05) is 0 Å². The fraction of sp³-hybridized carbons (Fsp3) is 0.0667. The lowest BCUT2D eigenvalue weighted by molar-refractivity contribution is -0.115. The molecular formula is C15H13N5O3. The van der Waals surface area contributed by atoms with Crippen molar-refractivity contribution in [1.29, 1.82) is 0 Å². The lowest BCUT2D eigenvalue weighted by Gasteiger charge is -2.06. The van der Waals surface area contributed by atoms with Gasteiger partial charge < -0.3 is 15.6 Å². The highest BCUT2D eigenvalue weighted by atomic mass is 16.2. The van der Waals surface area contributed by atoms with Crippen molar-refractivity contribution in [2.45, 2.75) is 0 Å². The zero-order chi connectivity index (χ0) is 16.2. The summed E-state index contributed by atoms with van der Waals surface area (Å²) in [6.45, 7) is -0.260. The Bertz CT molecular complexity index is 914. The maximum Gasteiger partial charge on any atom is 0.257 e. The summed E-state index contributed by atoms with van der Waals surface area (Å²) in [5, 5.41) is 11.6. The van der Waals surface area contributed by atoms with Crippen LogP contribution in [0, 0.1) is 0 Å². The van der Waals surface area contributed by atoms with Crippen LogP contribution in [0.25, 0.3) is 10.9 Å². The van der Waals surface area contributed by atoms with E-state index in [1.54, 1.807) is 30.3 Å². The fourth-order valence-corrected chi connectivity index (χ4v) is 2.11. The van der Waals surface area contributed by atoms with Crippen LogP contribution >= 0.6 is 0 Å². The molecule has 0 aliphatic rings. The number of carbonyl (C=O) groups excluding carboxylic acids is 2. The second-order valence-electron chi connectivity index (χ2n) is 4.78. The largest absolute Gasteiger partial charge is 0.360 e. The molecule has 0 atom stereocenters. The van der Waals surface area contributed by atoms with Crippen molar-refractivity contribution < 1.29 is 9.59 Å². The average molecular weight is 311 g/mol. The van der Waals surface area contributed by atoms with Crippen LogP contribution in [0.3, 0.4) is 0 Å². The summed E-state index contributed by atoms with van der Waals surface area (Å²) in [4.78, 5) is 38.9. The number of fused-ring (bicyclic) bond motifs is 1. The maximum absolute atomic E-state index is 12.3. The number of para-hydroxylation sites is 1. The van der Waals surface area contributed by atoms with Crippen LogP contribution in [-0.4, -0.2) is 33.5 Å². The smallest absolute Gasteiger partial charge is 0.257 e. The number of carbonyl (C=O) groups is 2. The van der Waals surface area contributed by atoms with E-state index in [1.165, 1.54) is 12.4 Å². The van der Waals surface area contributed by atoms with Crippen molar-refractivity contribution in [2.75, 3.05) is 11.9 Å². The molecule has 116 valence electrons. The second kappa shape index (κ2) is 6.14. The Morgan fingerprint density at radius 2 is 2.00 bits per heavy atom. The fourth-order valence-electron chi connectivity index (χ4n) is 2.11. The first-order chi connectivity index (χ1) is 11.1. The van der Waals surface area contributed by atoms with Gasteiger partial charge in [0.25, 0.3) is 5.91 Å². The highest BCUT2D eigenvalue weighted by Crippen LogP contribution is 2.06. The molecule has 8 heteroatoms. The zero-order valence-electron chi connectivity index (χ0n) is 11.9. The standard InChI is InChI=1S/C15H13N5O3/c21-13(19-12-5-6-18-20-12)8-17-15(23)10-7-16-11-4-2-1-3-9(11)14(10)22/h1-7H,8H2,(H,16,22)(H,17,23)(H2,18,19,20,21). The van der Waals surface area contributed by atoms with Gasteiger partial charge in [0, 0.05) is 23.2 Å². The van der Waals surface area contributed by atoms with Gasteiger partial charge in [0.1, 0.15) is 11.4 Å². The summed E-state index contributed by atoms with van der Waals surface area (Å²) in [6.07, 6.45) is 2.83. The van der Waals surface area contributed by atoms with Gasteiger partial charge in [0.05, 0.1) is 12.7 Å². The van der Waals surface area contributed by atoms with Gasteiger partial charge >= 0.3 is 0 Å². The van der Waals surface area contributed by atoms with E-state index in [9.17, 15) is 14.4 Å². The van der Waals surface area contributed by atoms with Crippen LogP contribution in [0.2, 0.25) is 0 Å². The van der Waals surface area contributed by atoms with Gasteiger partial charge in [-0.05, 0) is 12.1 Å². The van der Waals surface area contributed by atoms with Crippen LogP contribution in [0.1, 0.15) is 10.4 Å². The third-order valence-corrected chi connectivity index (χ3v) is 3.22. The highest BCUT2D eigenvalue weighted by molar-refractivity contribution is 6.00. The minimum atomic E-state index is -0.614. The van der Waals surface area contributed by atoms with E-state index in [0.29, 0.717) is 16.7 Å². The number of aromatic nitrogens is 3. The van der Waals surface area contributed by atoms with Crippen molar-refractivity contribution in [1.82, 2.24) is 20.5 Å². The topological polar surface area (TPSA) is 120 Å². The SMILES string of the molecule is O=C(CNC(=O)c1c[nH]c2ccccc2c1=O)Nc1ccn[nH]1. The van der Waals surface area contributed by atoms with Gasteiger partial charge in [-0.25, -0.2) is 0 Å². The van der Waals surface area contributed by atoms with E-state index < -0.39 is 11.8 Å². The number of hydrogen-bond acceptors (Lipinski definition) is 4. The third-order valence-electron chi connectivity index (χ3n) is 3.22. The number of anilines is 1. The molecule has 0 spiro atoms. The van der Waals surface area contributed by atoms with Crippen molar-refractivity contribution in [3.63, 3.8) is 0 Å². The summed E-state index contributed by atoms with van der Waals surface area (Å²) in [6, 6.07) is 8.47. The summed E-state index contributed by atoms with van der Waals surface area (Å²) in [5.74, 6) is -0.621. The lowest BCUT2D eigenvalue weighted by atomic mass is 10.1. The van der Waals surface area contributed by atoms with Gasteiger partial charge in [-0.3, -0.25) is 19.5 Å². The molecule has 0 aliphatic heterocycles. The normalized spacial score (nSPS) is 10.4. The number of pyridine rings is 1. The monoisotopic (exact) mass is 311 g/mol. The number of aromatic amines is 2. The van der Waals surface area contributed by atoms with Crippen LogP contribution in [0.5, 0.6) is 0 Å². The van der Waals surface area contributed by atoms with Gasteiger partial charge in [-0.1, -0.05) is 12.1 Å². The summed E-state index contributed by atoms with van der Waals surface area (Å²) in [5.41, 5.74) is 0.218. The van der Waals surface area contributed by atoms with Crippen molar-refractivity contribution in [2.24, 2.45) is 0 Å². The molecule has 2 aromatic heterocycles. The molecule has 0 fully saturated rings. The van der Waals surface area contributed by atoms with Gasteiger partial charge in [-0.2, -0.15) is 5.10 Å². The number of nitrogens with one attached hydrogen (secondary N) is 4. The van der Waals surface area contributed by atoms with E-state index in [2.05, 4.69) is 25.8 Å². The van der Waals surface area contributed by atoms with Gasteiger partial charge in [-0.15, -0.1) is 0 Å². The molecule has 23 heavy (non-hydrogen) atoms. The summed E-state index contributed by atoms with van der Waals surface area (Å²) in [7, 11) is 0. The van der Waals surface area contributed by atoms with E-state index in [-0.39, 0.29) is 17.5 Å². The molecule has 0 saturated heterocycles. The Hall–Kier alpha value is -3.42. The minimum Gasteiger partial charge on any atom is -0.360 e. The van der Waals surface area contributed by atoms with Crippen molar-refractivity contribution in [3.8, 4) is 0 Å². The molecule has 8 nitrogen and oxygen atoms in total. The van der Waals surface area contributed by atoms with Gasteiger partial charge in [0.15, 0.2) is 0 Å². The minimum absolute atomic E-state index is 0.0435. The quantitative estimate of drug-likeness (QED) is 0.564. The zero-order valence-corrected chi connectivity index (χ0v) is 11.9. The van der Waals surface area contributed by atoms with Crippen LogP contribution in [0.15, 0.2) is 47.5 Å². The Morgan fingerprint density at radius 1 is 1.17 bits per heavy atom. The lowest BCUT2D eigenvalue weighted by Crippen LogP contribution is -2.35. The number of amides is 2. The maximum atomic E-state index is 12.3. The molecule has 3 rings (SSSR count). The molecule has 3 aromatic rings. The Labute approximate surface area is 129 Å². The number of rotatable bonds is 4. The molecule has 0 radical (unpaired) electrons. The molecule has 4 N–H and O–H groups in total. The first-order valence-corrected chi connectivity index (χ1v) is 6.83. The number of H-pyrrole nitrogens is 2. The van der Waals surface area contributed by atoms with Crippen molar-refractivity contribution in [3.05, 3.63) is 58.5 Å². The van der Waals surface area contributed by atoms with E-state index in [4.69, 9.17) is 0 Å². The number of benzene rings is 1. The van der Waals surface area contributed by atoms with Crippen LogP contribution in [0.4, 0.5) is 5.82 Å². The molecular weight excluding hydrogens is 298 g/mol. The Kier molecular flexibility index (Phi) is 3.88. The Morgan fingerprint density at radius 3 is 2.78 bits per heavy atom. The van der Waals surface area contributed by atoms with Crippen LogP contribution in [-0.2, 0) is 4.79 Å². The van der Waals surface area contributed by atoms with E-state index in [0.717, 1.165) is 0 Å². The first-order valence-electron chi connectivity index (χ1n) is 6.83. The predicted octanol–water partition coefficient (Wildman–Crippen LogP) is 0.620. The molecule has 0 bridgehead atoms. The highest BCUT2D eigenvalue weighted by Gasteiger charge is 2.14. The van der Waals surface area contributed by atoms with Crippen LogP contribution < -0.4 is 16.1 Å². The van der Waals surface area contributed by atoms with E-state index >= 15 is 0 Å². The molecule has 2 amide bonds. The molecule has 0 unspecified atom stereocenters.